The number of carbonyl (C=O) groups is 1. The van der Waals surface area contributed by atoms with Gasteiger partial charge >= 0.3 is 0 Å². The summed E-state index contributed by atoms with van der Waals surface area (Å²) >= 11 is 0. The molecule has 1 amide bonds. The second-order valence-corrected chi connectivity index (χ2v) is 6.70. The van der Waals surface area contributed by atoms with E-state index < -0.39 is 0 Å². The summed E-state index contributed by atoms with van der Waals surface area (Å²) in [4.78, 5) is 12.2. The Bertz CT molecular complexity index is 650. The van der Waals surface area contributed by atoms with Crippen LogP contribution < -0.4 is 11.1 Å². The molecule has 0 saturated carbocycles. The van der Waals surface area contributed by atoms with Gasteiger partial charge in [0.1, 0.15) is 0 Å². The normalized spacial score (nSPS) is 12.7. The predicted molar refractivity (Wildman–Crippen MR) is 95.2 cm³/mol. The molecule has 3 nitrogen and oxygen atoms in total. The lowest BCUT2D eigenvalue weighted by atomic mass is 9.82. The molecule has 0 saturated heterocycles. The average molecular weight is 310 g/mol. The van der Waals surface area contributed by atoms with E-state index in [1.165, 1.54) is 11.1 Å². The van der Waals surface area contributed by atoms with Crippen molar-refractivity contribution in [1.29, 1.82) is 0 Å². The maximum absolute atomic E-state index is 12.2. The number of carbonyl (C=O) groups excluding carboxylic acids is 1. The lowest BCUT2D eigenvalue weighted by Crippen LogP contribution is -2.38. The van der Waals surface area contributed by atoms with E-state index >= 15 is 0 Å². The first-order valence-corrected chi connectivity index (χ1v) is 8.03. The van der Waals surface area contributed by atoms with Crippen LogP contribution in [0.15, 0.2) is 54.6 Å². The molecule has 2 aromatic carbocycles. The number of nitrogens with one attached hydrogen (secondary N) is 1. The van der Waals surface area contributed by atoms with Gasteiger partial charge in [0.05, 0.1) is 0 Å². The van der Waals surface area contributed by atoms with Gasteiger partial charge < -0.3 is 11.1 Å². The zero-order valence-corrected chi connectivity index (χ0v) is 14.2. The molecule has 0 fully saturated rings. The van der Waals surface area contributed by atoms with E-state index in [1.54, 1.807) is 0 Å². The minimum atomic E-state index is -0.266. The van der Waals surface area contributed by atoms with Crippen LogP contribution in [0.1, 0.15) is 43.0 Å². The highest BCUT2D eigenvalue weighted by atomic mass is 16.1. The molecular weight excluding hydrogens is 284 g/mol. The molecule has 0 aromatic heterocycles. The number of amides is 1. The molecule has 0 spiro atoms. The molecule has 23 heavy (non-hydrogen) atoms. The molecule has 0 aliphatic carbocycles. The molecular formula is C20H26N2O. The van der Waals surface area contributed by atoms with Crippen LogP contribution in [0.25, 0.3) is 0 Å². The summed E-state index contributed by atoms with van der Waals surface area (Å²) in [6.45, 7) is 6.99. The van der Waals surface area contributed by atoms with Crippen molar-refractivity contribution in [1.82, 2.24) is 5.32 Å². The molecule has 0 bridgehead atoms. The first kappa shape index (κ1) is 17.2. The van der Waals surface area contributed by atoms with Gasteiger partial charge in [-0.05, 0) is 23.6 Å². The smallest absolute Gasteiger partial charge is 0.221 e. The van der Waals surface area contributed by atoms with E-state index in [4.69, 9.17) is 5.73 Å². The first-order valence-electron chi connectivity index (χ1n) is 8.03. The fraction of sp³-hybridized carbons (Fsp3) is 0.350. The molecule has 0 aliphatic rings. The van der Waals surface area contributed by atoms with Gasteiger partial charge in [-0.25, -0.2) is 0 Å². The van der Waals surface area contributed by atoms with Crippen LogP contribution in [-0.4, -0.2) is 12.5 Å². The van der Waals surface area contributed by atoms with Crippen LogP contribution in [0.2, 0.25) is 0 Å². The van der Waals surface area contributed by atoms with Gasteiger partial charge in [-0.15, -0.1) is 0 Å². The van der Waals surface area contributed by atoms with Gasteiger partial charge in [0, 0.05) is 24.4 Å². The lowest BCUT2D eigenvalue weighted by Gasteiger charge is -2.27. The summed E-state index contributed by atoms with van der Waals surface area (Å²) < 4.78 is 0. The van der Waals surface area contributed by atoms with Crippen molar-refractivity contribution in [2.24, 2.45) is 5.73 Å². The highest BCUT2D eigenvalue weighted by molar-refractivity contribution is 5.77. The zero-order chi connectivity index (χ0) is 16.9. The van der Waals surface area contributed by atoms with Crippen molar-refractivity contribution < 1.29 is 4.79 Å². The summed E-state index contributed by atoms with van der Waals surface area (Å²) in [5, 5.41) is 3.03. The van der Waals surface area contributed by atoms with Crippen molar-refractivity contribution in [3.63, 3.8) is 0 Å². The molecule has 2 rings (SSSR count). The van der Waals surface area contributed by atoms with E-state index in [0.29, 0.717) is 13.0 Å². The maximum atomic E-state index is 12.2. The molecule has 2 aromatic rings. The van der Waals surface area contributed by atoms with Crippen molar-refractivity contribution in [2.45, 2.75) is 38.6 Å². The minimum Gasteiger partial charge on any atom is -0.355 e. The van der Waals surface area contributed by atoms with Crippen molar-refractivity contribution in [3.8, 4) is 0 Å². The van der Waals surface area contributed by atoms with Gasteiger partial charge in [-0.1, -0.05) is 68.4 Å². The Kier molecular flexibility index (Phi) is 5.56. The van der Waals surface area contributed by atoms with Gasteiger partial charge in [0.15, 0.2) is 0 Å². The van der Waals surface area contributed by atoms with Crippen LogP contribution in [-0.2, 0) is 10.2 Å². The Morgan fingerprint density at radius 1 is 1.09 bits per heavy atom. The molecule has 0 heterocycles. The molecule has 122 valence electrons. The standard InChI is InChI=1S/C20H26N2O/c1-15-9-7-8-12-17(15)20(2,3)14-22-19(23)13-18(21)16-10-5-4-6-11-16/h4-12,18H,13-14,21H2,1-3H3,(H,22,23). The summed E-state index contributed by atoms with van der Waals surface area (Å²) in [7, 11) is 0. The molecule has 0 radical (unpaired) electrons. The van der Waals surface area contributed by atoms with Crippen LogP contribution in [0.4, 0.5) is 0 Å². The third-order valence-electron chi connectivity index (χ3n) is 4.23. The number of hydrogen-bond donors (Lipinski definition) is 2. The number of nitrogens with two attached hydrogens (primary N) is 1. The van der Waals surface area contributed by atoms with E-state index in [-0.39, 0.29) is 17.4 Å². The van der Waals surface area contributed by atoms with Gasteiger partial charge in [-0.2, -0.15) is 0 Å². The SMILES string of the molecule is Cc1ccccc1C(C)(C)CNC(=O)CC(N)c1ccccc1. The Morgan fingerprint density at radius 3 is 2.35 bits per heavy atom. The van der Waals surface area contributed by atoms with Crippen molar-refractivity contribution in [2.75, 3.05) is 6.54 Å². The third kappa shape index (κ3) is 4.67. The fourth-order valence-electron chi connectivity index (χ4n) is 2.84. The minimum absolute atomic E-state index is 0.0111. The lowest BCUT2D eigenvalue weighted by molar-refractivity contribution is -0.121. The average Bonchev–Trinajstić information content (AvgIpc) is 2.54. The summed E-state index contributed by atoms with van der Waals surface area (Å²) in [5.74, 6) is -0.0111. The molecule has 3 heteroatoms. The number of benzene rings is 2. The van der Waals surface area contributed by atoms with Gasteiger partial charge in [0.2, 0.25) is 5.91 Å². The predicted octanol–water partition coefficient (Wildman–Crippen LogP) is 3.48. The second kappa shape index (κ2) is 7.42. The van der Waals surface area contributed by atoms with E-state index in [0.717, 1.165) is 5.56 Å². The Hall–Kier alpha value is -2.13. The third-order valence-corrected chi connectivity index (χ3v) is 4.23. The van der Waals surface area contributed by atoms with Crippen molar-refractivity contribution >= 4 is 5.91 Å². The fourth-order valence-corrected chi connectivity index (χ4v) is 2.84. The van der Waals surface area contributed by atoms with E-state index in [9.17, 15) is 4.79 Å². The van der Waals surface area contributed by atoms with E-state index in [1.807, 2.05) is 42.5 Å². The molecule has 1 atom stereocenters. The Labute approximate surface area is 138 Å². The van der Waals surface area contributed by atoms with E-state index in [2.05, 4.69) is 38.2 Å². The Balaban J connectivity index is 1.92. The van der Waals surface area contributed by atoms with Crippen LogP contribution in [0.3, 0.4) is 0 Å². The van der Waals surface area contributed by atoms with Gasteiger partial charge in [0.25, 0.3) is 0 Å². The maximum Gasteiger partial charge on any atom is 0.221 e. The monoisotopic (exact) mass is 310 g/mol. The van der Waals surface area contributed by atoms with Crippen LogP contribution >= 0.6 is 0 Å². The first-order chi connectivity index (χ1) is 10.9. The topological polar surface area (TPSA) is 55.1 Å². The number of aryl methyl sites for hydroxylation is 1. The Morgan fingerprint density at radius 2 is 1.70 bits per heavy atom. The zero-order valence-electron chi connectivity index (χ0n) is 14.2. The number of rotatable bonds is 6. The highest BCUT2D eigenvalue weighted by Crippen LogP contribution is 2.25. The second-order valence-electron chi connectivity index (χ2n) is 6.70. The molecule has 3 N–H and O–H groups in total. The summed E-state index contributed by atoms with van der Waals surface area (Å²) in [5.41, 5.74) is 9.48. The quantitative estimate of drug-likeness (QED) is 0.858. The molecule has 0 aliphatic heterocycles. The summed E-state index contributed by atoms with van der Waals surface area (Å²) in [6, 6.07) is 17.8. The van der Waals surface area contributed by atoms with Crippen LogP contribution in [0.5, 0.6) is 0 Å². The highest BCUT2D eigenvalue weighted by Gasteiger charge is 2.23. The largest absolute Gasteiger partial charge is 0.355 e. The number of hydrogen-bond acceptors (Lipinski definition) is 2. The molecule has 1 unspecified atom stereocenters. The van der Waals surface area contributed by atoms with Gasteiger partial charge in [-0.3, -0.25) is 4.79 Å². The summed E-state index contributed by atoms with van der Waals surface area (Å²) in [6.07, 6.45) is 0.299. The van der Waals surface area contributed by atoms with Crippen LogP contribution in [0, 0.1) is 6.92 Å². The van der Waals surface area contributed by atoms with Crippen molar-refractivity contribution in [3.05, 3.63) is 71.3 Å².